The van der Waals surface area contributed by atoms with Crippen molar-refractivity contribution in [2.45, 2.75) is 45.8 Å². The zero-order valence-electron chi connectivity index (χ0n) is 14.8. The number of hydrogen-bond acceptors (Lipinski definition) is 2. The third-order valence-electron chi connectivity index (χ3n) is 4.43. The van der Waals surface area contributed by atoms with E-state index in [9.17, 15) is 0 Å². The van der Waals surface area contributed by atoms with Gasteiger partial charge in [-0.3, -0.25) is 4.98 Å². The van der Waals surface area contributed by atoms with Gasteiger partial charge in [0.15, 0.2) is 5.11 Å². The Balaban J connectivity index is 2.05. The van der Waals surface area contributed by atoms with Crippen LogP contribution in [0.3, 0.4) is 0 Å². The molecule has 1 fully saturated rings. The Hall–Kier alpha value is -1.88. The van der Waals surface area contributed by atoms with Gasteiger partial charge >= 0.3 is 0 Å². The Bertz CT molecular complexity index is 692. The highest BCUT2D eigenvalue weighted by molar-refractivity contribution is 7.80. The van der Waals surface area contributed by atoms with Crippen LogP contribution in [0.25, 0.3) is 0 Å². The van der Waals surface area contributed by atoms with E-state index in [-0.39, 0.29) is 12.1 Å². The minimum Gasteiger partial charge on any atom is -0.352 e. The lowest BCUT2D eigenvalue weighted by atomic mass is 10.0. The predicted octanol–water partition coefficient (Wildman–Crippen LogP) is 4.09. The van der Waals surface area contributed by atoms with Crippen molar-refractivity contribution in [2.75, 3.05) is 6.54 Å². The van der Waals surface area contributed by atoms with Gasteiger partial charge in [0.05, 0.1) is 17.8 Å². The molecule has 2 atom stereocenters. The molecule has 0 saturated carbocycles. The van der Waals surface area contributed by atoms with Crippen LogP contribution in [0, 0.1) is 5.92 Å². The zero-order valence-corrected chi connectivity index (χ0v) is 15.6. The summed E-state index contributed by atoms with van der Waals surface area (Å²) in [6.45, 7) is 9.83. The van der Waals surface area contributed by atoms with Crippen molar-refractivity contribution in [1.29, 1.82) is 0 Å². The van der Waals surface area contributed by atoms with Crippen LogP contribution in [0.5, 0.6) is 0 Å². The van der Waals surface area contributed by atoms with Crippen LogP contribution in [-0.4, -0.2) is 26.1 Å². The fraction of sp³-hybridized carbons (Fsp3) is 0.474. The molecule has 2 aromatic rings. The monoisotopic (exact) mass is 342 g/mol. The van der Waals surface area contributed by atoms with Gasteiger partial charge in [0.2, 0.25) is 0 Å². The molecule has 0 unspecified atom stereocenters. The largest absolute Gasteiger partial charge is 0.352 e. The number of nitrogens with zero attached hydrogens (tertiary/aromatic N) is 3. The lowest BCUT2D eigenvalue weighted by Gasteiger charge is -2.30. The average molecular weight is 343 g/mol. The number of nitrogens with one attached hydrogen (secondary N) is 1. The van der Waals surface area contributed by atoms with Crippen LogP contribution in [0.2, 0.25) is 0 Å². The summed E-state index contributed by atoms with van der Waals surface area (Å²) in [4.78, 5) is 6.91. The molecule has 0 spiro atoms. The van der Waals surface area contributed by atoms with Crippen molar-refractivity contribution < 1.29 is 0 Å². The first-order valence-corrected chi connectivity index (χ1v) is 9.04. The van der Waals surface area contributed by atoms with E-state index in [1.54, 1.807) is 0 Å². The molecule has 24 heavy (non-hydrogen) atoms. The molecule has 1 aliphatic rings. The van der Waals surface area contributed by atoms with E-state index in [0.717, 1.165) is 17.4 Å². The van der Waals surface area contributed by atoms with Crippen molar-refractivity contribution in [3.05, 3.63) is 54.1 Å². The van der Waals surface area contributed by atoms with E-state index >= 15 is 0 Å². The van der Waals surface area contributed by atoms with Crippen LogP contribution >= 0.6 is 12.2 Å². The molecule has 0 amide bonds. The lowest BCUT2D eigenvalue weighted by molar-refractivity contribution is 0.274. The summed E-state index contributed by atoms with van der Waals surface area (Å²) in [5, 5.41) is 4.33. The normalized spacial score (nSPS) is 20.9. The molecule has 1 saturated heterocycles. The maximum atomic E-state index is 5.67. The Labute approximate surface area is 149 Å². The fourth-order valence-electron chi connectivity index (χ4n) is 3.45. The molecule has 0 aliphatic carbocycles. The minimum absolute atomic E-state index is 0.0739. The first-order valence-electron chi connectivity index (χ1n) is 8.63. The molecule has 5 heteroatoms. The van der Waals surface area contributed by atoms with Gasteiger partial charge < -0.3 is 14.8 Å². The van der Waals surface area contributed by atoms with Gasteiger partial charge in [-0.15, -0.1) is 0 Å². The summed E-state index contributed by atoms with van der Waals surface area (Å²) >= 11 is 5.67. The Morgan fingerprint density at radius 1 is 1.17 bits per heavy atom. The third kappa shape index (κ3) is 3.18. The maximum Gasteiger partial charge on any atom is 0.170 e. The second-order valence-electron chi connectivity index (χ2n) is 7.11. The van der Waals surface area contributed by atoms with E-state index in [2.05, 4.69) is 71.9 Å². The molecule has 1 N–H and O–H groups in total. The molecule has 3 heterocycles. The van der Waals surface area contributed by atoms with E-state index < -0.39 is 0 Å². The molecule has 3 rings (SSSR count). The minimum atomic E-state index is 0.0739. The maximum absolute atomic E-state index is 5.67. The van der Waals surface area contributed by atoms with Crippen molar-refractivity contribution >= 4 is 17.3 Å². The predicted molar refractivity (Wildman–Crippen MR) is 102 cm³/mol. The molecule has 4 nitrogen and oxygen atoms in total. The van der Waals surface area contributed by atoms with Crippen LogP contribution < -0.4 is 5.32 Å². The zero-order chi connectivity index (χ0) is 17.3. The smallest absolute Gasteiger partial charge is 0.170 e. The Kier molecular flexibility index (Phi) is 4.90. The molecular weight excluding hydrogens is 316 g/mol. The summed E-state index contributed by atoms with van der Waals surface area (Å²) in [6, 6.07) is 11.1. The van der Waals surface area contributed by atoms with E-state index in [0.29, 0.717) is 12.0 Å². The molecule has 2 aromatic heterocycles. The number of thiocarbonyl (C=S) groups is 1. The summed E-state index contributed by atoms with van der Waals surface area (Å²) in [5.74, 6) is 0.539. The Morgan fingerprint density at radius 3 is 2.58 bits per heavy atom. The fourth-order valence-corrected chi connectivity index (χ4v) is 3.76. The van der Waals surface area contributed by atoms with Crippen LogP contribution in [0.1, 0.15) is 57.2 Å². The van der Waals surface area contributed by atoms with Crippen LogP contribution in [0.4, 0.5) is 0 Å². The topological polar surface area (TPSA) is 33.1 Å². The van der Waals surface area contributed by atoms with Crippen LogP contribution in [-0.2, 0) is 0 Å². The molecular formula is C19H26N4S. The number of rotatable bonds is 5. The molecule has 128 valence electrons. The highest BCUT2D eigenvalue weighted by Gasteiger charge is 2.41. The highest BCUT2D eigenvalue weighted by atomic mass is 32.1. The van der Waals surface area contributed by atoms with Gasteiger partial charge in [-0.25, -0.2) is 0 Å². The van der Waals surface area contributed by atoms with Gasteiger partial charge in [-0.1, -0.05) is 19.9 Å². The highest BCUT2D eigenvalue weighted by Crippen LogP contribution is 2.39. The van der Waals surface area contributed by atoms with E-state index in [4.69, 9.17) is 12.2 Å². The van der Waals surface area contributed by atoms with Crippen LogP contribution in [0.15, 0.2) is 42.7 Å². The van der Waals surface area contributed by atoms with Crippen molar-refractivity contribution in [3.63, 3.8) is 0 Å². The number of hydrogen-bond donors (Lipinski definition) is 1. The standard InChI is InChI=1S/C19H26N4S/c1-13(2)12-23-18(16-9-7-11-22(16)14(3)4)17(21-19(23)24)15-8-5-6-10-20-15/h5-11,13-14,17-18H,12H2,1-4H3,(H,21,24)/t17-,18-/m0/s1. The van der Waals surface area contributed by atoms with Gasteiger partial charge in [-0.05, 0) is 56.2 Å². The lowest BCUT2D eigenvalue weighted by Crippen LogP contribution is -2.33. The third-order valence-corrected chi connectivity index (χ3v) is 4.78. The average Bonchev–Trinajstić information content (AvgIpc) is 3.13. The molecule has 0 aromatic carbocycles. The molecule has 0 bridgehead atoms. The summed E-state index contributed by atoms with van der Waals surface area (Å²) < 4.78 is 2.34. The SMILES string of the molecule is CC(C)CN1C(=S)N[C@@H](c2ccccn2)[C@@H]1c1cccn1C(C)C. The first kappa shape index (κ1) is 17.0. The second-order valence-corrected chi connectivity index (χ2v) is 7.49. The van der Waals surface area contributed by atoms with Gasteiger partial charge in [-0.2, -0.15) is 0 Å². The summed E-state index contributed by atoms with van der Waals surface area (Å²) in [7, 11) is 0. The van der Waals surface area contributed by atoms with Gasteiger partial charge in [0.1, 0.15) is 0 Å². The van der Waals surface area contributed by atoms with Crippen molar-refractivity contribution in [3.8, 4) is 0 Å². The Morgan fingerprint density at radius 2 is 1.96 bits per heavy atom. The first-order chi connectivity index (χ1) is 11.5. The quantitative estimate of drug-likeness (QED) is 0.830. The van der Waals surface area contributed by atoms with Crippen molar-refractivity contribution in [2.24, 2.45) is 5.92 Å². The number of pyridine rings is 1. The number of aromatic nitrogens is 2. The second kappa shape index (κ2) is 6.93. The molecule has 1 aliphatic heterocycles. The molecule has 0 radical (unpaired) electrons. The van der Waals surface area contributed by atoms with Crippen molar-refractivity contribution in [1.82, 2.24) is 19.8 Å². The summed E-state index contributed by atoms with van der Waals surface area (Å²) in [5.41, 5.74) is 2.32. The van der Waals surface area contributed by atoms with E-state index in [1.165, 1.54) is 5.69 Å². The summed E-state index contributed by atoms with van der Waals surface area (Å²) in [6.07, 6.45) is 4.01. The van der Waals surface area contributed by atoms with E-state index in [1.807, 2.05) is 18.3 Å². The van der Waals surface area contributed by atoms with Gasteiger partial charge in [0.25, 0.3) is 0 Å². The van der Waals surface area contributed by atoms with Gasteiger partial charge in [0, 0.05) is 30.7 Å².